The third kappa shape index (κ3) is 3.93. The molecule has 0 radical (unpaired) electrons. The number of benzene rings is 2. The molecule has 0 aliphatic carbocycles. The van der Waals surface area contributed by atoms with Crippen molar-refractivity contribution < 1.29 is 9.59 Å². The van der Waals surface area contributed by atoms with E-state index in [9.17, 15) is 9.59 Å². The van der Waals surface area contributed by atoms with Crippen LogP contribution in [-0.2, 0) is 11.3 Å². The largest absolute Gasteiger partial charge is 0.363 e. The van der Waals surface area contributed by atoms with Crippen LogP contribution in [0.25, 0.3) is 11.6 Å². The molecule has 4 rings (SSSR count). The van der Waals surface area contributed by atoms with Crippen molar-refractivity contribution in [1.29, 1.82) is 0 Å². The van der Waals surface area contributed by atoms with Gasteiger partial charge in [-0.2, -0.15) is 0 Å². The van der Waals surface area contributed by atoms with Gasteiger partial charge in [0.1, 0.15) is 5.70 Å². The standard InChI is InChI=1S/C26H28ClN3O2/c1-6-30-23-11-16(2)19(12-21(23)17(3)14-26(30,4)5)13-22-24(31)29(25(32)28-22)15-18-7-9-20(27)10-8-18/h7-14H,6,15H2,1-5H3,(H,28,32)/b22-13-. The second-order valence-electron chi connectivity index (χ2n) is 8.96. The maximum absolute atomic E-state index is 13.0. The molecule has 5 nitrogen and oxygen atoms in total. The van der Waals surface area contributed by atoms with Crippen molar-refractivity contribution >= 4 is 40.9 Å². The Morgan fingerprint density at radius 2 is 1.78 bits per heavy atom. The number of carbonyl (C=O) groups excluding carboxylic acids is 2. The molecule has 3 amide bonds. The van der Waals surface area contributed by atoms with E-state index in [1.807, 2.05) is 19.1 Å². The summed E-state index contributed by atoms with van der Waals surface area (Å²) in [5.41, 5.74) is 6.60. The highest BCUT2D eigenvalue weighted by atomic mass is 35.5. The fraction of sp³-hybridized carbons (Fsp3) is 0.308. The van der Waals surface area contributed by atoms with Gasteiger partial charge in [0.05, 0.1) is 12.1 Å². The minimum absolute atomic E-state index is 0.0597. The number of halogens is 1. The van der Waals surface area contributed by atoms with Crippen molar-refractivity contribution in [2.24, 2.45) is 0 Å². The number of fused-ring (bicyclic) bond motifs is 1. The number of amides is 3. The minimum Gasteiger partial charge on any atom is -0.363 e. The van der Waals surface area contributed by atoms with E-state index in [0.717, 1.165) is 28.8 Å². The van der Waals surface area contributed by atoms with Crippen molar-refractivity contribution in [2.45, 2.75) is 46.7 Å². The molecule has 166 valence electrons. The molecular formula is C26H28ClN3O2. The van der Waals surface area contributed by atoms with Gasteiger partial charge < -0.3 is 10.2 Å². The summed E-state index contributed by atoms with van der Waals surface area (Å²) in [6.07, 6.45) is 4.06. The van der Waals surface area contributed by atoms with E-state index in [1.165, 1.54) is 16.2 Å². The highest BCUT2D eigenvalue weighted by Crippen LogP contribution is 2.40. The van der Waals surface area contributed by atoms with Gasteiger partial charge in [-0.25, -0.2) is 4.79 Å². The van der Waals surface area contributed by atoms with Gasteiger partial charge in [0.15, 0.2) is 0 Å². The third-order valence-electron chi connectivity index (χ3n) is 6.20. The lowest BCUT2D eigenvalue weighted by atomic mass is 9.87. The summed E-state index contributed by atoms with van der Waals surface area (Å²) in [4.78, 5) is 29.1. The molecule has 2 heterocycles. The highest BCUT2D eigenvalue weighted by Gasteiger charge is 2.34. The van der Waals surface area contributed by atoms with Crippen molar-refractivity contribution in [1.82, 2.24) is 10.2 Å². The number of urea groups is 1. The number of anilines is 1. The zero-order valence-corrected chi connectivity index (χ0v) is 19.9. The Labute approximate surface area is 194 Å². The highest BCUT2D eigenvalue weighted by molar-refractivity contribution is 6.30. The molecule has 0 bridgehead atoms. The molecular weight excluding hydrogens is 422 g/mol. The van der Waals surface area contributed by atoms with Crippen LogP contribution >= 0.6 is 11.6 Å². The Hall–Kier alpha value is -3.05. The number of aryl methyl sites for hydroxylation is 1. The number of likely N-dealkylation sites (N-methyl/N-ethyl adjacent to an activating group) is 1. The van der Waals surface area contributed by atoms with E-state index in [-0.39, 0.29) is 23.7 Å². The molecule has 0 spiro atoms. The van der Waals surface area contributed by atoms with Crippen LogP contribution in [0.15, 0.2) is 48.2 Å². The first-order valence-corrected chi connectivity index (χ1v) is 11.2. The Morgan fingerprint density at radius 3 is 2.44 bits per heavy atom. The Kier molecular flexibility index (Phi) is 5.63. The SMILES string of the molecule is CCN1c2cc(C)c(/C=C3\NC(=O)N(Cc4ccc(Cl)cc4)C3=O)cc2C(C)=CC1(C)C. The number of rotatable bonds is 4. The first-order valence-electron chi connectivity index (χ1n) is 10.8. The molecule has 2 aromatic rings. The monoisotopic (exact) mass is 449 g/mol. The average molecular weight is 450 g/mol. The van der Waals surface area contributed by atoms with Crippen molar-refractivity contribution in [3.05, 3.63) is 75.4 Å². The Bertz CT molecular complexity index is 1160. The number of nitrogens with zero attached hydrogens (tertiary/aromatic N) is 2. The summed E-state index contributed by atoms with van der Waals surface area (Å²) < 4.78 is 0. The third-order valence-corrected chi connectivity index (χ3v) is 6.45. The molecule has 6 heteroatoms. The van der Waals surface area contributed by atoms with Gasteiger partial charge in [0.25, 0.3) is 5.91 Å². The lowest BCUT2D eigenvalue weighted by Crippen LogP contribution is -2.44. The Morgan fingerprint density at radius 1 is 1.09 bits per heavy atom. The van der Waals surface area contributed by atoms with Crippen molar-refractivity contribution in [3.8, 4) is 0 Å². The van der Waals surface area contributed by atoms with Crippen LogP contribution in [0.4, 0.5) is 10.5 Å². The molecule has 0 aromatic heterocycles. The number of hydrogen-bond donors (Lipinski definition) is 1. The summed E-state index contributed by atoms with van der Waals surface area (Å²) in [5, 5.41) is 3.35. The maximum atomic E-state index is 13.0. The van der Waals surface area contributed by atoms with Gasteiger partial charge in [-0.1, -0.05) is 29.8 Å². The van der Waals surface area contributed by atoms with E-state index in [0.29, 0.717) is 5.02 Å². The van der Waals surface area contributed by atoms with Crippen LogP contribution in [0.2, 0.25) is 5.02 Å². The molecule has 0 unspecified atom stereocenters. The Balaban J connectivity index is 1.66. The first-order chi connectivity index (χ1) is 15.1. The molecule has 0 atom stereocenters. The number of allylic oxidation sites excluding steroid dienone is 1. The van der Waals surface area contributed by atoms with Crippen LogP contribution in [0.5, 0.6) is 0 Å². The number of imide groups is 1. The van der Waals surface area contributed by atoms with Gasteiger partial charge in [-0.15, -0.1) is 0 Å². The minimum atomic E-state index is -0.415. The van der Waals surface area contributed by atoms with Gasteiger partial charge in [-0.05, 0) is 87.2 Å². The zero-order chi connectivity index (χ0) is 23.2. The molecule has 1 N–H and O–H groups in total. The van der Waals surface area contributed by atoms with Crippen LogP contribution in [0, 0.1) is 6.92 Å². The van der Waals surface area contributed by atoms with E-state index >= 15 is 0 Å². The van der Waals surface area contributed by atoms with Gasteiger partial charge in [0, 0.05) is 22.8 Å². The van der Waals surface area contributed by atoms with E-state index in [1.54, 1.807) is 18.2 Å². The second kappa shape index (κ2) is 8.14. The topological polar surface area (TPSA) is 52.7 Å². The summed E-state index contributed by atoms with van der Waals surface area (Å²) >= 11 is 5.93. The van der Waals surface area contributed by atoms with E-state index in [2.05, 4.69) is 56.1 Å². The average Bonchev–Trinajstić information content (AvgIpc) is 2.98. The quantitative estimate of drug-likeness (QED) is 0.476. The smallest absolute Gasteiger partial charge is 0.329 e. The lowest BCUT2D eigenvalue weighted by Gasteiger charge is -2.43. The first kappa shape index (κ1) is 22.2. The van der Waals surface area contributed by atoms with Gasteiger partial charge in [-0.3, -0.25) is 9.69 Å². The number of carbonyl (C=O) groups is 2. The summed E-state index contributed by atoms with van der Waals surface area (Å²) in [6.45, 7) is 11.9. The van der Waals surface area contributed by atoms with Crippen LogP contribution in [-0.4, -0.2) is 28.9 Å². The van der Waals surface area contributed by atoms with Crippen molar-refractivity contribution in [3.63, 3.8) is 0 Å². The second-order valence-corrected chi connectivity index (χ2v) is 9.39. The van der Waals surface area contributed by atoms with Crippen molar-refractivity contribution in [2.75, 3.05) is 11.4 Å². The molecule has 2 aliphatic heterocycles. The normalized spacial score (nSPS) is 18.7. The van der Waals surface area contributed by atoms with Gasteiger partial charge in [0.2, 0.25) is 0 Å². The maximum Gasteiger partial charge on any atom is 0.329 e. The molecule has 1 fully saturated rings. The number of hydrogen-bond acceptors (Lipinski definition) is 3. The molecule has 1 saturated heterocycles. The fourth-order valence-electron chi connectivity index (χ4n) is 4.62. The summed E-state index contributed by atoms with van der Waals surface area (Å²) in [6, 6.07) is 11.0. The molecule has 32 heavy (non-hydrogen) atoms. The zero-order valence-electron chi connectivity index (χ0n) is 19.1. The predicted octanol–water partition coefficient (Wildman–Crippen LogP) is 5.76. The van der Waals surface area contributed by atoms with Gasteiger partial charge >= 0.3 is 6.03 Å². The molecule has 2 aromatic carbocycles. The van der Waals surface area contributed by atoms with E-state index in [4.69, 9.17) is 11.6 Å². The lowest BCUT2D eigenvalue weighted by molar-refractivity contribution is -0.123. The van der Waals surface area contributed by atoms with E-state index < -0.39 is 6.03 Å². The van der Waals surface area contributed by atoms with Crippen LogP contribution < -0.4 is 10.2 Å². The molecule has 0 saturated carbocycles. The van der Waals surface area contributed by atoms with Crippen LogP contribution in [0.3, 0.4) is 0 Å². The summed E-state index contributed by atoms with van der Waals surface area (Å²) in [5.74, 6) is -0.328. The molecule has 2 aliphatic rings. The van der Waals surface area contributed by atoms with Crippen LogP contribution in [0.1, 0.15) is 49.9 Å². The number of nitrogens with one attached hydrogen (secondary N) is 1. The predicted molar refractivity (Wildman–Crippen MR) is 130 cm³/mol. The fourth-order valence-corrected chi connectivity index (χ4v) is 4.75. The summed E-state index contributed by atoms with van der Waals surface area (Å²) in [7, 11) is 0.